The molecule has 0 spiro atoms. The Morgan fingerprint density at radius 3 is 2.88 bits per heavy atom. The SMILES string of the molecule is COC[C@@H](O)CNC(=O)[C@H](C)c1ccc(Cl)s1. The molecule has 17 heavy (non-hydrogen) atoms. The molecule has 0 bridgehead atoms. The van der Waals surface area contributed by atoms with Crippen LogP contribution in [0.15, 0.2) is 12.1 Å². The number of rotatable bonds is 6. The van der Waals surface area contributed by atoms with Gasteiger partial charge in [-0.05, 0) is 19.1 Å². The van der Waals surface area contributed by atoms with Gasteiger partial charge in [0.25, 0.3) is 0 Å². The van der Waals surface area contributed by atoms with Crippen molar-refractivity contribution in [2.75, 3.05) is 20.3 Å². The molecule has 2 N–H and O–H groups in total. The molecule has 1 rings (SSSR count). The van der Waals surface area contributed by atoms with E-state index in [0.717, 1.165) is 4.88 Å². The molecule has 0 unspecified atom stereocenters. The minimum absolute atomic E-state index is 0.126. The zero-order valence-electron chi connectivity index (χ0n) is 9.77. The highest BCUT2D eigenvalue weighted by molar-refractivity contribution is 7.16. The highest BCUT2D eigenvalue weighted by Crippen LogP contribution is 2.27. The zero-order valence-corrected chi connectivity index (χ0v) is 11.3. The van der Waals surface area contributed by atoms with Crippen molar-refractivity contribution in [3.05, 3.63) is 21.3 Å². The first-order valence-corrected chi connectivity index (χ1v) is 6.44. The number of hydrogen-bond acceptors (Lipinski definition) is 4. The van der Waals surface area contributed by atoms with Gasteiger partial charge in [-0.3, -0.25) is 4.79 Å². The van der Waals surface area contributed by atoms with E-state index in [-0.39, 0.29) is 25.0 Å². The summed E-state index contributed by atoms with van der Waals surface area (Å²) in [6.45, 7) is 2.20. The first-order chi connectivity index (χ1) is 8.04. The van der Waals surface area contributed by atoms with Crippen molar-refractivity contribution in [3.8, 4) is 0 Å². The lowest BCUT2D eigenvalue weighted by Gasteiger charge is -2.13. The van der Waals surface area contributed by atoms with Gasteiger partial charge in [-0.2, -0.15) is 0 Å². The summed E-state index contributed by atoms with van der Waals surface area (Å²) in [7, 11) is 1.50. The molecule has 4 nitrogen and oxygen atoms in total. The molecule has 0 radical (unpaired) electrons. The van der Waals surface area contributed by atoms with Crippen LogP contribution in [0.5, 0.6) is 0 Å². The lowest BCUT2D eigenvalue weighted by atomic mass is 10.1. The van der Waals surface area contributed by atoms with E-state index in [1.54, 1.807) is 13.0 Å². The summed E-state index contributed by atoms with van der Waals surface area (Å²) in [5.74, 6) is -0.388. The molecule has 2 atom stereocenters. The third kappa shape index (κ3) is 4.63. The summed E-state index contributed by atoms with van der Waals surface area (Å²) < 4.78 is 5.43. The second-order valence-electron chi connectivity index (χ2n) is 3.72. The fourth-order valence-corrected chi connectivity index (χ4v) is 2.42. The Morgan fingerprint density at radius 2 is 2.35 bits per heavy atom. The minimum Gasteiger partial charge on any atom is -0.389 e. The zero-order chi connectivity index (χ0) is 12.8. The molecule has 0 fully saturated rings. The maximum absolute atomic E-state index is 11.8. The predicted molar refractivity (Wildman–Crippen MR) is 68.6 cm³/mol. The normalized spacial score (nSPS) is 14.4. The largest absolute Gasteiger partial charge is 0.389 e. The molecule has 0 aliphatic heterocycles. The highest BCUT2D eigenvalue weighted by atomic mass is 35.5. The Hall–Kier alpha value is -0.620. The van der Waals surface area contributed by atoms with Crippen LogP contribution in [0.1, 0.15) is 17.7 Å². The van der Waals surface area contributed by atoms with Gasteiger partial charge in [0, 0.05) is 18.5 Å². The summed E-state index contributed by atoms with van der Waals surface area (Å²) >= 11 is 7.19. The summed E-state index contributed by atoms with van der Waals surface area (Å²) in [5.41, 5.74) is 0. The number of nitrogens with one attached hydrogen (secondary N) is 1. The Labute approximate surface area is 110 Å². The Kier molecular flexibility index (Phi) is 5.91. The van der Waals surface area contributed by atoms with E-state index < -0.39 is 6.10 Å². The molecule has 0 saturated carbocycles. The number of carbonyl (C=O) groups excluding carboxylic acids is 1. The van der Waals surface area contributed by atoms with Crippen LogP contribution in [-0.2, 0) is 9.53 Å². The number of hydrogen-bond donors (Lipinski definition) is 2. The van der Waals surface area contributed by atoms with E-state index >= 15 is 0 Å². The first kappa shape index (κ1) is 14.4. The van der Waals surface area contributed by atoms with Gasteiger partial charge >= 0.3 is 0 Å². The van der Waals surface area contributed by atoms with E-state index in [1.165, 1.54) is 18.4 Å². The van der Waals surface area contributed by atoms with Crippen LogP contribution in [0.25, 0.3) is 0 Å². The fraction of sp³-hybridized carbons (Fsp3) is 0.545. The molecular weight excluding hydrogens is 262 g/mol. The van der Waals surface area contributed by atoms with E-state index in [4.69, 9.17) is 16.3 Å². The van der Waals surface area contributed by atoms with Crippen molar-refractivity contribution in [1.29, 1.82) is 0 Å². The number of methoxy groups -OCH3 is 1. The van der Waals surface area contributed by atoms with E-state index in [0.29, 0.717) is 4.34 Å². The number of carbonyl (C=O) groups is 1. The van der Waals surface area contributed by atoms with Crippen molar-refractivity contribution in [2.24, 2.45) is 0 Å². The van der Waals surface area contributed by atoms with Crippen molar-refractivity contribution < 1.29 is 14.6 Å². The van der Waals surface area contributed by atoms with Crippen LogP contribution >= 0.6 is 22.9 Å². The average Bonchev–Trinajstić information content (AvgIpc) is 2.72. The maximum atomic E-state index is 11.8. The van der Waals surface area contributed by atoms with Crippen molar-refractivity contribution in [2.45, 2.75) is 18.9 Å². The van der Waals surface area contributed by atoms with Gasteiger partial charge in [-0.25, -0.2) is 0 Å². The Morgan fingerprint density at radius 1 is 1.65 bits per heavy atom. The van der Waals surface area contributed by atoms with Crippen LogP contribution in [-0.4, -0.2) is 37.4 Å². The molecule has 1 aromatic rings. The average molecular weight is 278 g/mol. The lowest BCUT2D eigenvalue weighted by molar-refractivity contribution is -0.122. The quantitative estimate of drug-likeness (QED) is 0.831. The summed E-state index contributed by atoms with van der Waals surface area (Å²) in [6.07, 6.45) is -0.678. The molecule has 0 aliphatic carbocycles. The van der Waals surface area contributed by atoms with Gasteiger partial charge in [-0.1, -0.05) is 11.6 Å². The fourth-order valence-electron chi connectivity index (χ4n) is 1.31. The number of aliphatic hydroxyl groups excluding tert-OH is 1. The topological polar surface area (TPSA) is 58.6 Å². The summed E-state index contributed by atoms with van der Waals surface area (Å²) in [4.78, 5) is 12.7. The molecule has 0 aliphatic rings. The summed E-state index contributed by atoms with van der Waals surface area (Å²) in [6, 6.07) is 3.61. The third-order valence-corrected chi connectivity index (χ3v) is 3.70. The van der Waals surface area contributed by atoms with E-state index in [2.05, 4.69) is 5.32 Å². The molecule has 0 aromatic carbocycles. The van der Waals surface area contributed by atoms with Gasteiger partial charge in [0.05, 0.1) is 23.0 Å². The number of aliphatic hydroxyl groups is 1. The van der Waals surface area contributed by atoms with Crippen molar-refractivity contribution in [3.63, 3.8) is 0 Å². The van der Waals surface area contributed by atoms with Crippen LogP contribution < -0.4 is 5.32 Å². The molecule has 96 valence electrons. The smallest absolute Gasteiger partial charge is 0.228 e. The number of thiophene rings is 1. The molecular formula is C11H16ClNO3S. The monoisotopic (exact) mass is 277 g/mol. The van der Waals surface area contributed by atoms with Crippen LogP contribution in [0, 0.1) is 0 Å². The summed E-state index contributed by atoms with van der Waals surface area (Å²) in [5, 5.41) is 12.1. The standard InChI is InChI=1S/C11H16ClNO3S/c1-7(9-3-4-10(12)17-9)11(15)13-5-8(14)6-16-2/h3-4,7-8,14H,5-6H2,1-2H3,(H,13,15)/t7-,8+/m1/s1. The molecule has 1 heterocycles. The van der Waals surface area contributed by atoms with Crippen molar-refractivity contribution in [1.82, 2.24) is 5.32 Å². The molecule has 0 saturated heterocycles. The van der Waals surface area contributed by atoms with Crippen LogP contribution in [0.2, 0.25) is 4.34 Å². The Bertz CT molecular complexity index is 369. The third-order valence-electron chi connectivity index (χ3n) is 2.29. The minimum atomic E-state index is -0.678. The Balaban J connectivity index is 2.42. The lowest BCUT2D eigenvalue weighted by Crippen LogP contribution is -2.36. The van der Waals surface area contributed by atoms with Gasteiger partial charge < -0.3 is 15.2 Å². The van der Waals surface area contributed by atoms with Gasteiger partial charge in [0.1, 0.15) is 0 Å². The highest BCUT2D eigenvalue weighted by Gasteiger charge is 2.17. The number of halogens is 1. The van der Waals surface area contributed by atoms with Crippen LogP contribution in [0.4, 0.5) is 0 Å². The van der Waals surface area contributed by atoms with E-state index in [1.807, 2.05) is 6.07 Å². The van der Waals surface area contributed by atoms with Crippen LogP contribution in [0.3, 0.4) is 0 Å². The number of amides is 1. The van der Waals surface area contributed by atoms with Gasteiger partial charge in [0.2, 0.25) is 5.91 Å². The molecule has 1 amide bonds. The van der Waals surface area contributed by atoms with E-state index in [9.17, 15) is 9.90 Å². The predicted octanol–water partition coefficient (Wildman–Crippen LogP) is 1.63. The maximum Gasteiger partial charge on any atom is 0.228 e. The second-order valence-corrected chi connectivity index (χ2v) is 5.46. The van der Waals surface area contributed by atoms with Gasteiger partial charge in [0.15, 0.2) is 0 Å². The molecule has 1 aromatic heterocycles. The molecule has 6 heteroatoms. The second kappa shape index (κ2) is 6.96. The first-order valence-electron chi connectivity index (χ1n) is 5.24. The number of ether oxygens (including phenoxy) is 1. The van der Waals surface area contributed by atoms with Crippen molar-refractivity contribution >= 4 is 28.8 Å². The van der Waals surface area contributed by atoms with Gasteiger partial charge in [-0.15, -0.1) is 11.3 Å².